The molecule has 0 radical (unpaired) electrons. The summed E-state index contributed by atoms with van der Waals surface area (Å²) < 4.78 is 4.81. The second kappa shape index (κ2) is 5.72. The van der Waals surface area contributed by atoms with Crippen molar-refractivity contribution in [2.45, 2.75) is 33.1 Å². The zero-order valence-electron chi connectivity index (χ0n) is 13.4. The molecule has 0 unspecified atom stereocenters. The van der Waals surface area contributed by atoms with E-state index >= 15 is 0 Å². The number of benzene rings is 2. The van der Waals surface area contributed by atoms with E-state index in [1.54, 1.807) is 0 Å². The van der Waals surface area contributed by atoms with Crippen molar-refractivity contribution in [2.24, 2.45) is 0 Å². The quantitative estimate of drug-likeness (QED) is 0.743. The molecule has 0 heterocycles. The van der Waals surface area contributed by atoms with Crippen molar-refractivity contribution >= 4 is 5.97 Å². The molecule has 0 atom stereocenters. The first-order chi connectivity index (χ1) is 9.81. The van der Waals surface area contributed by atoms with Gasteiger partial charge in [0, 0.05) is 0 Å². The van der Waals surface area contributed by atoms with Gasteiger partial charge in [-0.25, -0.2) is 4.79 Å². The number of rotatable bonds is 2. The van der Waals surface area contributed by atoms with Crippen molar-refractivity contribution in [1.82, 2.24) is 0 Å². The van der Waals surface area contributed by atoms with Crippen molar-refractivity contribution in [2.75, 3.05) is 7.11 Å². The van der Waals surface area contributed by atoms with Crippen molar-refractivity contribution in [3.63, 3.8) is 0 Å². The molecule has 2 aromatic rings. The number of carbonyl (C=O) groups excluding carboxylic acids is 1. The fourth-order valence-corrected chi connectivity index (χ4v) is 2.35. The lowest BCUT2D eigenvalue weighted by Crippen LogP contribution is -2.10. The van der Waals surface area contributed by atoms with Gasteiger partial charge in [-0.15, -0.1) is 0 Å². The minimum atomic E-state index is -0.300. The van der Waals surface area contributed by atoms with E-state index in [2.05, 4.69) is 51.1 Å². The number of carbonyl (C=O) groups is 1. The molecule has 0 fully saturated rings. The molecule has 0 amide bonds. The summed E-state index contributed by atoms with van der Waals surface area (Å²) in [5.74, 6) is -0.300. The summed E-state index contributed by atoms with van der Waals surface area (Å²) in [5, 5.41) is 0. The van der Waals surface area contributed by atoms with Crippen LogP contribution in [0.5, 0.6) is 0 Å². The summed E-state index contributed by atoms with van der Waals surface area (Å²) in [7, 11) is 1.41. The second-order valence-electron chi connectivity index (χ2n) is 6.41. The van der Waals surface area contributed by atoms with E-state index in [0.29, 0.717) is 5.56 Å². The van der Waals surface area contributed by atoms with E-state index in [0.717, 1.165) is 16.7 Å². The fourth-order valence-electron chi connectivity index (χ4n) is 2.35. The van der Waals surface area contributed by atoms with Gasteiger partial charge in [0.25, 0.3) is 0 Å². The molecule has 2 heteroatoms. The highest BCUT2D eigenvalue weighted by atomic mass is 16.5. The summed E-state index contributed by atoms with van der Waals surface area (Å²) in [5.41, 5.74) is 5.22. The van der Waals surface area contributed by atoms with Crippen LogP contribution < -0.4 is 0 Å². The average molecular weight is 282 g/mol. The largest absolute Gasteiger partial charge is 0.465 e. The molecule has 0 saturated heterocycles. The molecule has 0 aliphatic carbocycles. The predicted molar refractivity (Wildman–Crippen MR) is 86.7 cm³/mol. The van der Waals surface area contributed by atoms with E-state index in [-0.39, 0.29) is 11.4 Å². The molecule has 0 spiro atoms. The molecule has 2 nitrogen and oxygen atoms in total. The van der Waals surface area contributed by atoms with Crippen LogP contribution in [0.15, 0.2) is 42.5 Å². The van der Waals surface area contributed by atoms with Crippen molar-refractivity contribution < 1.29 is 9.53 Å². The minimum absolute atomic E-state index is 0.141. The summed E-state index contributed by atoms with van der Waals surface area (Å²) >= 11 is 0. The molecule has 0 aliphatic heterocycles. The third kappa shape index (κ3) is 3.52. The number of hydrogen-bond donors (Lipinski definition) is 0. The molecule has 0 saturated carbocycles. The Kier molecular flexibility index (Phi) is 4.17. The highest BCUT2D eigenvalue weighted by Gasteiger charge is 2.14. The molecule has 2 aromatic carbocycles. The molecule has 0 aliphatic rings. The Morgan fingerprint density at radius 2 is 1.57 bits per heavy atom. The zero-order valence-corrected chi connectivity index (χ0v) is 13.4. The first-order valence-corrected chi connectivity index (χ1v) is 7.12. The Bertz CT molecular complexity index is 646. The topological polar surface area (TPSA) is 26.3 Å². The van der Waals surface area contributed by atoms with Gasteiger partial charge in [-0.2, -0.15) is 0 Å². The van der Waals surface area contributed by atoms with Crippen LogP contribution in [0, 0.1) is 6.92 Å². The summed E-state index contributed by atoms with van der Waals surface area (Å²) in [6.07, 6.45) is 0. The lowest BCUT2D eigenvalue weighted by atomic mass is 9.86. The molecule has 110 valence electrons. The molecule has 0 bridgehead atoms. The normalized spacial score (nSPS) is 11.3. The molecule has 2 rings (SSSR count). The summed E-state index contributed by atoms with van der Waals surface area (Å²) in [6.45, 7) is 8.58. The van der Waals surface area contributed by atoms with Crippen LogP contribution in [0.25, 0.3) is 11.1 Å². The Morgan fingerprint density at radius 1 is 0.952 bits per heavy atom. The lowest BCUT2D eigenvalue weighted by Gasteiger charge is -2.19. The predicted octanol–water partition coefficient (Wildman–Crippen LogP) is 4.75. The van der Waals surface area contributed by atoms with Crippen LogP contribution in [0.2, 0.25) is 0 Å². The number of ether oxygens (including phenoxy) is 1. The van der Waals surface area contributed by atoms with Crippen molar-refractivity contribution in [3.05, 3.63) is 59.2 Å². The van der Waals surface area contributed by atoms with Gasteiger partial charge in [-0.1, -0.05) is 51.1 Å². The van der Waals surface area contributed by atoms with Gasteiger partial charge in [0.2, 0.25) is 0 Å². The highest BCUT2D eigenvalue weighted by molar-refractivity contribution is 5.91. The van der Waals surface area contributed by atoms with Gasteiger partial charge in [-0.3, -0.25) is 0 Å². The summed E-state index contributed by atoms with van der Waals surface area (Å²) in [6, 6.07) is 14.3. The number of hydrogen-bond acceptors (Lipinski definition) is 2. The lowest BCUT2D eigenvalue weighted by molar-refractivity contribution is 0.0600. The van der Waals surface area contributed by atoms with Crippen molar-refractivity contribution in [1.29, 1.82) is 0 Å². The van der Waals surface area contributed by atoms with Crippen LogP contribution in [-0.2, 0) is 10.2 Å². The number of aryl methyl sites for hydroxylation is 1. The van der Waals surface area contributed by atoms with Crippen LogP contribution in [0.4, 0.5) is 0 Å². The van der Waals surface area contributed by atoms with Gasteiger partial charge in [-0.05, 0) is 46.7 Å². The molecule has 21 heavy (non-hydrogen) atoms. The standard InChI is InChI=1S/C19H22O2/c1-13-10-15(12-16(11-13)18(20)21-5)14-6-8-17(9-7-14)19(2,3)4/h6-12H,1-5H3. The van der Waals surface area contributed by atoms with E-state index in [9.17, 15) is 4.79 Å². The average Bonchev–Trinajstić information content (AvgIpc) is 2.45. The minimum Gasteiger partial charge on any atom is -0.465 e. The van der Waals surface area contributed by atoms with Crippen LogP contribution in [0.3, 0.4) is 0 Å². The molecule has 0 N–H and O–H groups in total. The van der Waals surface area contributed by atoms with Gasteiger partial charge in [0.1, 0.15) is 0 Å². The third-order valence-corrected chi connectivity index (χ3v) is 3.58. The van der Waals surface area contributed by atoms with E-state index in [1.807, 2.05) is 19.1 Å². The fraction of sp³-hybridized carbons (Fsp3) is 0.316. The first-order valence-electron chi connectivity index (χ1n) is 7.12. The van der Waals surface area contributed by atoms with E-state index < -0.39 is 0 Å². The maximum Gasteiger partial charge on any atom is 0.337 e. The maximum absolute atomic E-state index is 11.7. The summed E-state index contributed by atoms with van der Waals surface area (Å²) in [4.78, 5) is 11.7. The Morgan fingerprint density at radius 3 is 2.10 bits per heavy atom. The maximum atomic E-state index is 11.7. The van der Waals surface area contributed by atoms with E-state index in [4.69, 9.17) is 4.74 Å². The molecule has 0 aromatic heterocycles. The van der Waals surface area contributed by atoms with Crippen molar-refractivity contribution in [3.8, 4) is 11.1 Å². The second-order valence-corrected chi connectivity index (χ2v) is 6.41. The van der Waals surface area contributed by atoms with Gasteiger partial charge in [0.15, 0.2) is 0 Å². The van der Waals surface area contributed by atoms with Gasteiger partial charge in [0.05, 0.1) is 12.7 Å². The Balaban J connectivity index is 2.42. The zero-order chi connectivity index (χ0) is 15.6. The monoisotopic (exact) mass is 282 g/mol. The van der Waals surface area contributed by atoms with Crippen LogP contribution in [-0.4, -0.2) is 13.1 Å². The molecular weight excluding hydrogens is 260 g/mol. The first kappa shape index (κ1) is 15.3. The highest BCUT2D eigenvalue weighted by Crippen LogP contribution is 2.27. The van der Waals surface area contributed by atoms with Crippen LogP contribution >= 0.6 is 0 Å². The number of esters is 1. The van der Waals surface area contributed by atoms with Gasteiger partial charge >= 0.3 is 5.97 Å². The van der Waals surface area contributed by atoms with Crippen LogP contribution in [0.1, 0.15) is 42.3 Å². The van der Waals surface area contributed by atoms with E-state index in [1.165, 1.54) is 12.7 Å². The van der Waals surface area contributed by atoms with Gasteiger partial charge < -0.3 is 4.74 Å². The Labute approximate surface area is 126 Å². The third-order valence-electron chi connectivity index (χ3n) is 3.58. The SMILES string of the molecule is COC(=O)c1cc(C)cc(-c2ccc(C(C)(C)C)cc2)c1. The smallest absolute Gasteiger partial charge is 0.337 e. The molecular formula is C19H22O2. The Hall–Kier alpha value is -2.09. The number of methoxy groups -OCH3 is 1.